The molecule has 0 aliphatic heterocycles. The number of rotatable bonds is 5. The zero-order chi connectivity index (χ0) is 14.8. The van der Waals surface area contributed by atoms with Crippen molar-refractivity contribution in [1.82, 2.24) is 5.32 Å². The van der Waals surface area contributed by atoms with Gasteiger partial charge in [-0.05, 0) is 47.0 Å². The molecular formula is C13H14BrF3N2O. The summed E-state index contributed by atoms with van der Waals surface area (Å²) < 4.78 is 37.8. The summed E-state index contributed by atoms with van der Waals surface area (Å²) in [5.74, 6) is -0.0389. The van der Waals surface area contributed by atoms with E-state index in [1.165, 1.54) is 6.07 Å². The van der Waals surface area contributed by atoms with E-state index in [1.54, 1.807) is 0 Å². The first-order chi connectivity index (χ1) is 9.36. The first-order valence-corrected chi connectivity index (χ1v) is 7.05. The van der Waals surface area contributed by atoms with E-state index in [9.17, 15) is 18.0 Å². The Balaban J connectivity index is 1.84. The van der Waals surface area contributed by atoms with Crippen molar-refractivity contribution in [1.29, 1.82) is 0 Å². The third-order valence-corrected chi connectivity index (χ3v) is 3.56. The third kappa shape index (κ3) is 4.40. The van der Waals surface area contributed by atoms with Gasteiger partial charge in [-0.25, -0.2) is 0 Å². The van der Waals surface area contributed by atoms with Crippen LogP contribution in [0.1, 0.15) is 24.8 Å². The number of alkyl halides is 3. The number of hydrogen-bond acceptors (Lipinski definition) is 2. The van der Waals surface area contributed by atoms with Gasteiger partial charge in [0.2, 0.25) is 5.91 Å². The van der Waals surface area contributed by atoms with E-state index in [0.29, 0.717) is 29.2 Å². The lowest BCUT2D eigenvalue weighted by atomic mass is 10.2. The summed E-state index contributed by atoms with van der Waals surface area (Å²) in [5, 5.41) is 5.79. The predicted molar refractivity (Wildman–Crippen MR) is 73.4 cm³/mol. The molecule has 0 aromatic heterocycles. The summed E-state index contributed by atoms with van der Waals surface area (Å²) in [6.07, 6.45) is -2.00. The van der Waals surface area contributed by atoms with Crippen molar-refractivity contribution in [3.63, 3.8) is 0 Å². The SMILES string of the molecule is O=C(CCNc1ccc(C(F)(F)F)cc1Br)NC1CC1. The largest absolute Gasteiger partial charge is 0.416 e. The van der Waals surface area contributed by atoms with Crippen LogP contribution in [0.15, 0.2) is 22.7 Å². The Morgan fingerprint density at radius 2 is 2.05 bits per heavy atom. The molecular weight excluding hydrogens is 337 g/mol. The molecule has 0 atom stereocenters. The number of anilines is 1. The summed E-state index contributed by atoms with van der Waals surface area (Å²) in [7, 11) is 0. The number of carbonyl (C=O) groups is 1. The van der Waals surface area contributed by atoms with Gasteiger partial charge in [-0.1, -0.05) is 0 Å². The van der Waals surface area contributed by atoms with E-state index in [-0.39, 0.29) is 5.91 Å². The van der Waals surface area contributed by atoms with Crippen LogP contribution in [-0.4, -0.2) is 18.5 Å². The maximum absolute atomic E-state index is 12.5. The second kappa shape index (κ2) is 6.03. The molecule has 1 fully saturated rings. The monoisotopic (exact) mass is 350 g/mol. The van der Waals surface area contributed by atoms with Crippen LogP contribution in [0.3, 0.4) is 0 Å². The summed E-state index contributed by atoms with van der Waals surface area (Å²) in [5.41, 5.74) is -0.168. The summed E-state index contributed by atoms with van der Waals surface area (Å²) in [6.45, 7) is 0.377. The van der Waals surface area contributed by atoms with Crippen molar-refractivity contribution in [2.75, 3.05) is 11.9 Å². The van der Waals surface area contributed by atoms with E-state index < -0.39 is 11.7 Å². The lowest BCUT2D eigenvalue weighted by Crippen LogP contribution is -2.27. The molecule has 0 bridgehead atoms. The molecule has 2 rings (SSSR count). The minimum atomic E-state index is -4.36. The molecule has 3 nitrogen and oxygen atoms in total. The topological polar surface area (TPSA) is 41.1 Å². The van der Waals surface area contributed by atoms with Gasteiger partial charge in [0.15, 0.2) is 0 Å². The highest BCUT2D eigenvalue weighted by Gasteiger charge is 2.30. The van der Waals surface area contributed by atoms with Crippen molar-refractivity contribution < 1.29 is 18.0 Å². The average Bonchev–Trinajstić information content (AvgIpc) is 3.13. The molecule has 7 heteroatoms. The number of carbonyl (C=O) groups excluding carboxylic acids is 1. The van der Waals surface area contributed by atoms with Crippen LogP contribution < -0.4 is 10.6 Å². The van der Waals surface area contributed by atoms with Gasteiger partial charge in [0, 0.05) is 29.2 Å². The Morgan fingerprint density at radius 1 is 1.35 bits per heavy atom. The first kappa shape index (κ1) is 15.2. The quantitative estimate of drug-likeness (QED) is 0.852. The Bertz CT molecular complexity index is 501. The Kier molecular flexibility index (Phi) is 4.57. The van der Waals surface area contributed by atoms with Crippen molar-refractivity contribution in [3.05, 3.63) is 28.2 Å². The summed E-state index contributed by atoms with van der Waals surface area (Å²) in [4.78, 5) is 11.4. The van der Waals surface area contributed by atoms with E-state index in [4.69, 9.17) is 0 Å². The minimum absolute atomic E-state index is 0.0389. The molecule has 1 aromatic carbocycles. The Labute approximate surface area is 123 Å². The van der Waals surface area contributed by atoms with Crippen molar-refractivity contribution in [2.24, 2.45) is 0 Å². The molecule has 0 heterocycles. The second-order valence-corrected chi connectivity index (χ2v) is 5.57. The predicted octanol–water partition coefficient (Wildman–Crippen LogP) is 3.55. The molecule has 1 aliphatic rings. The van der Waals surface area contributed by atoms with Gasteiger partial charge in [-0.3, -0.25) is 4.79 Å². The normalized spacial score (nSPS) is 15.0. The maximum Gasteiger partial charge on any atom is 0.416 e. The second-order valence-electron chi connectivity index (χ2n) is 4.71. The number of benzene rings is 1. The summed E-state index contributed by atoms with van der Waals surface area (Å²) in [6, 6.07) is 3.70. The smallest absolute Gasteiger partial charge is 0.384 e. The standard InChI is InChI=1S/C13H14BrF3N2O/c14-10-7-8(13(15,16)17)1-4-11(10)18-6-5-12(20)19-9-2-3-9/h1,4,7,9,18H,2-3,5-6H2,(H,19,20). The van der Waals surface area contributed by atoms with Crippen LogP contribution in [0.4, 0.5) is 18.9 Å². The van der Waals surface area contributed by atoms with Gasteiger partial charge >= 0.3 is 6.18 Å². The molecule has 0 saturated heterocycles. The number of hydrogen-bond donors (Lipinski definition) is 2. The minimum Gasteiger partial charge on any atom is -0.384 e. The fraction of sp³-hybridized carbons (Fsp3) is 0.462. The van der Waals surface area contributed by atoms with Crippen LogP contribution >= 0.6 is 15.9 Å². The molecule has 1 aromatic rings. The molecule has 0 unspecified atom stereocenters. The molecule has 110 valence electrons. The van der Waals surface area contributed by atoms with Crippen LogP contribution in [0.25, 0.3) is 0 Å². The highest BCUT2D eigenvalue weighted by molar-refractivity contribution is 9.10. The van der Waals surface area contributed by atoms with Gasteiger partial charge < -0.3 is 10.6 Å². The molecule has 0 radical (unpaired) electrons. The highest BCUT2D eigenvalue weighted by Crippen LogP contribution is 2.33. The van der Waals surface area contributed by atoms with Crippen molar-refractivity contribution in [3.8, 4) is 0 Å². The molecule has 0 spiro atoms. The van der Waals surface area contributed by atoms with Crippen molar-refractivity contribution in [2.45, 2.75) is 31.5 Å². The summed E-state index contributed by atoms with van der Waals surface area (Å²) >= 11 is 3.09. The van der Waals surface area contributed by atoms with E-state index in [2.05, 4.69) is 26.6 Å². The van der Waals surface area contributed by atoms with Crippen LogP contribution in [0.5, 0.6) is 0 Å². The van der Waals surface area contributed by atoms with Crippen LogP contribution in [0, 0.1) is 0 Å². The van der Waals surface area contributed by atoms with Gasteiger partial charge in [-0.2, -0.15) is 13.2 Å². The lowest BCUT2D eigenvalue weighted by Gasteiger charge is -2.12. The van der Waals surface area contributed by atoms with Crippen molar-refractivity contribution >= 4 is 27.5 Å². The fourth-order valence-corrected chi connectivity index (χ4v) is 2.19. The van der Waals surface area contributed by atoms with E-state index in [1.807, 2.05) is 0 Å². The average molecular weight is 351 g/mol. The number of amides is 1. The zero-order valence-corrected chi connectivity index (χ0v) is 12.1. The molecule has 2 N–H and O–H groups in total. The number of halogens is 4. The number of nitrogens with one attached hydrogen (secondary N) is 2. The Morgan fingerprint density at radius 3 is 2.60 bits per heavy atom. The van der Waals surface area contributed by atoms with E-state index >= 15 is 0 Å². The lowest BCUT2D eigenvalue weighted by molar-refractivity contribution is -0.137. The molecule has 1 saturated carbocycles. The van der Waals surface area contributed by atoms with Gasteiger partial charge in [-0.15, -0.1) is 0 Å². The molecule has 1 amide bonds. The van der Waals surface area contributed by atoms with E-state index in [0.717, 1.165) is 25.0 Å². The third-order valence-electron chi connectivity index (χ3n) is 2.91. The fourth-order valence-electron chi connectivity index (χ4n) is 1.67. The first-order valence-electron chi connectivity index (χ1n) is 6.26. The van der Waals surface area contributed by atoms with Gasteiger partial charge in [0.05, 0.1) is 5.56 Å². The zero-order valence-electron chi connectivity index (χ0n) is 10.6. The molecule has 20 heavy (non-hydrogen) atoms. The highest BCUT2D eigenvalue weighted by atomic mass is 79.9. The Hall–Kier alpha value is -1.24. The molecule has 1 aliphatic carbocycles. The maximum atomic E-state index is 12.5. The van der Waals surface area contributed by atoms with Crippen LogP contribution in [-0.2, 0) is 11.0 Å². The van der Waals surface area contributed by atoms with Crippen LogP contribution in [0.2, 0.25) is 0 Å². The van der Waals surface area contributed by atoms with Gasteiger partial charge in [0.25, 0.3) is 0 Å². The van der Waals surface area contributed by atoms with Gasteiger partial charge in [0.1, 0.15) is 0 Å².